The number of benzene rings is 1. The monoisotopic (exact) mass is 368 g/mol. The summed E-state index contributed by atoms with van der Waals surface area (Å²) in [7, 11) is 3.75. The van der Waals surface area contributed by atoms with Gasteiger partial charge in [-0.1, -0.05) is 12.1 Å². The number of likely N-dealkylation sites (N-methyl/N-ethyl adjacent to an activating group) is 1. The molecule has 27 heavy (non-hydrogen) atoms. The van der Waals surface area contributed by atoms with Gasteiger partial charge in [0.25, 0.3) is 0 Å². The fourth-order valence-electron chi connectivity index (χ4n) is 2.72. The normalized spacial score (nSPS) is 12.0. The maximum atomic E-state index is 9.60. The summed E-state index contributed by atoms with van der Waals surface area (Å²) in [6.45, 7) is 0.675. The van der Waals surface area contributed by atoms with E-state index in [0.29, 0.717) is 24.9 Å². The van der Waals surface area contributed by atoms with Gasteiger partial charge in [0.2, 0.25) is 5.95 Å². The van der Waals surface area contributed by atoms with Gasteiger partial charge < -0.3 is 20.0 Å². The Morgan fingerprint density at radius 3 is 2.52 bits per heavy atom. The summed E-state index contributed by atoms with van der Waals surface area (Å²) in [4.78, 5) is 12.6. The molecule has 2 N–H and O–H groups in total. The van der Waals surface area contributed by atoms with Crippen molar-refractivity contribution in [3.05, 3.63) is 60.6 Å². The molecule has 1 atom stereocenters. The number of nitrogens with zero attached hydrogens (tertiary/aromatic N) is 6. The van der Waals surface area contributed by atoms with Crippen LogP contribution in [-0.2, 0) is 6.54 Å². The molecule has 0 spiro atoms. The van der Waals surface area contributed by atoms with Gasteiger partial charge in [0.05, 0.1) is 18.4 Å². The molecule has 2 heterocycles. The standard InChI is InChI=1S/C19H24N6O2/c1-23(13-17(27)14-26)18-8-10-20-19(22-18)24(2)12-15-4-6-16(7-5-15)25-11-3-9-21-25/h3-11,17,26-27H,12-14H2,1-2H3/t17-/m0/s1. The van der Waals surface area contributed by atoms with Gasteiger partial charge in [-0.15, -0.1) is 0 Å². The lowest BCUT2D eigenvalue weighted by molar-refractivity contribution is 0.101. The van der Waals surface area contributed by atoms with Crippen molar-refractivity contribution >= 4 is 11.8 Å². The van der Waals surface area contributed by atoms with Crippen LogP contribution in [0.1, 0.15) is 5.56 Å². The lowest BCUT2D eigenvalue weighted by Gasteiger charge is -2.23. The second kappa shape index (κ2) is 8.61. The first-order valence-electron chi connectivity index (χ1n) is 8.70. The van der Waals surface area contributed by atoms with Crippen LogP contribution in [0.2, 0.25) is 0 Å². The maximum Gasteiger partial charge on any atom is 0.227 e. The van der Waals surface area contributed by atoms with Crippen LogP contribution < -0.4 is 9.80 Å². The largest absolute Gasteiger partial charge is 0.394 e. The van der Waals surface area contributed by atoms with Crippen molar-refractivity contribution in [2.45, 2.75) is 12.6 Å². The van der Waals surface area contributed by atoms with Gasteiger partial charge in [0.15, 0.2) is 0 Å². The van der Waals surface area contributed by atoms with Crippen molar-refractivity contribution in [3.8, 4) is 5.69 Å². The van der Waals surface area contributed by atoms with Gasteiger partial charge in [-0.05, 0) is 29.8 Å². The maximum absolute atomic E-state index is 9.60. The Kier molecular flexibility index (Phi) is 6.00. The van der Waals surface area contributed by atoms with Crippen LogP contribution in [0.4, 0.5) is 11.8 Å². The van der Waals surface area contributed by atoms with Crippen LogP contribution in [0.15, 0.2) is 55.0 Å². The number of aromatic nitrogens is 4. The van der Waals surface area contributed by atoms with Crippen molar-refractivity contribution in [2.24, 2.45) is 0 Å². The molecule has 0 aliphatic carbocycles. The quantitative estimate of drug-likeness (QED) is 0.615. The smallest absolute Gasteiger partial charge is 0.227 e. The topological polar surface area (TPSA) is 90.5 Å². The molecule has 0 aliphatic heterocycles. The Morgan fingerprint density at radius 1 is 1.07 bits per heavy atom. The van der Waals surface area contributed by atoms with Crippen molar-refractivity contribution in [1.29, 1.82) is 0 Å². The summed E-state index contributed by atoms with van der Waals surface area (Å²) in [5.41, 5.74) is 2.14. The zero-order valence-electron chi connectivity index (χ0n) is 15.5. The molecule has 8 heteroatoms. The zero-order chi connectivity index (χ0) is 19.2. The van der Waals surface area contributed by atoms with E-state index in [-0.39, 0.29) is 6.61 Å². The predicted octanol–water partition coefficient (Wildman–Crippen LogP) is 1.09. The van der Waals surface area contributed by atoms with Crippen LogP contribution in [0.3, 0.4) is 0 Å². The van der Waals surface area contributed by atoms with Gasteiger partial charge in [-0.2, -0.15) is 10.1 Å². The summed E-state index contributed by atoms with van der Waals surface area (Å²) >= 11 is 0. The number of aliphatic hydroxyl groups excluding tert-OH is 2. The minimum atomic E-state index is -0.806. The number of aliphatic hydroxyl groups is 2. The van der Waals surface area contributed by atoms with Crippen molar-refractivity contribution in [3.63, 3.8) is 0 Å². The Labute approximate surface area is 158 Å². The van der Waals surface area contributed by atoms with E-state index in [9.17, 15) is 5.11 Å². The lowest BCUT2D eigenvalue weighted by Crippen LogP contribution is -2.32. The Morgan fingerprint density at radius 2 is 1.85 bits per heavy atom. The molecular formula is C19H24N6O2. The van der Waals surface area contributed by atoms with Gasteiger partial charge in [-0.25, -0.2) is 9.67 Å². The van der Waals surface area contributed by atoms with Crippen LogP contribution in [0, 0.1) is 0 Å². The first kappa shape index (κ1) is 18.8. The van der Waals surface area contributed by atoms with E-state index in [4.69, 9.17) is 5.11 Å². The first-order chi connectivity index (χ1) is 13.1. The van der Waals surface area contributed by atoms with Gasteiger partial charge >= 0.3 is 0 Å². The SMILES string of the molecule is CN(C[C@H](O)CO)c1ccnc(N(C)Cc2ccc(-n3cccn3)cc2)n1. The zero-order valence-corrected chi connectivity index (χ0v) is 15.5. The summed E-state index contributed by atoms with van der Waals surface area (Å²) < 4.78 is 1.82. The molecule has 0 amide bonds. The van der Waals surface area contributed by atoms with E-state index in [1.54, 1.807) is 23.4 Å². The molecule has 0 aliphatic rings. The number of anilines is 2. The molecule has 2 aromatic heterocycles. The van der Waals surface area contributed by atoms with Gasteiger partial charge in [0.1, 0.15) is 5.82 Å². The molecule has 3 rings (SSSR count). The predicted molar refractivity (Wildman–Crippen MR) is 104 cm³/mol. The third kappa shape index (κ3) is 4.81. The highest BCUT2D eigenvalue weighted by Crippen LogP contribution is 2.16. The van der Waals surface area contributed by atoms with Gasteiger partial charge in [0, 0.05) is 45.8 Å². The fourth-order valence-corrected chi connectivity index (χ4v) is 2.72. The molecule has 0 saturated heterocycles. The molecule has 0 saturated carbocycles. The average Bonchev–Trinajstić information content (AvgIpc) is 3.23. The number of hydrogen-bond donors (Lipinski definition) is 2. The molecule has 8 nitrogen and oxygen atoms in total. The average molecular weight is 368 g/mol. The fraction of sp³-hybridized carbons (Fsp3) is 0.316. The molecule has 0 unspecified atom stereocenters. The molecule has 3 aromatic rings. The lowest BCUT2D eigenvalue weighted by atomic mass is 10.2. The molecular weight excluding hydrogens is 344 g/mol. The molecule has 1 aromatic carbocycles. The Hall–Kier alpha value is -2.97. The van der Waals surface area contributed by atoms with Crippen molar-refractivity contribution in [1.82, 2.24) is 19.7 Å². The van der Waals surface area contributed by atoms with Crippen LogP contribution in [0.5, 0.6) is 0 Å². The van der Waals surface area contributed by atoms with E-state index in [1.165, 1.54) is 0 Å². The third-order valence-electron chi connectivity index (χ3n) is 4.18. The Bertz CT molecular complexity index is 838. The van der Waals surface area contributed by atoms with Gasteiger partial charge in [-0.3, -0.25) is 0 Å². The summed E-state index contributed by atoms with van der Waals surface area (Å²) in [5.74, 6) is 1.28. The highest BCUT2D eigenvalue weighted by molar-refractivity contribution is 5.43. The summed E-state index contributed by atoms with van der Waals surface area (Å²) in [5, 5.41) is 22.8. The highest BCUT2D eigenvalue weighted by Gasteiger charge is 2.12. The minimum Gasteiger partial charge on any atom is -0.394 e. The molecule has 0 fully saturated rings. The van der Waals surface area contributed by atoms with Crippen LogP contribution in [-0.4, -0.2) is 63.3 Å². The van der Waals surface area contributed by atoms with E-state index in [1.807, 2.05) is 48.1 Å². The number of hydrogen-bond acceptors (Lipinski definition) is 7. The molecule has 0 bridgehead atoms. The van der Waals surface area contributed by atoms with Crippen molar-refractivity contribution in [2.75, 3.05) is 37.0 Å². The Balaban J connectivity index is 1.67. The van der Waals surface area contributed by atoms with E-state index in [2.05, 4.69) is 27.2 Å². The third-order valence-corrected chi connectivity index (χ3v) is 4.18. The molecule has 0 radical (unpaired) electrons. The number of rotatable bonds is 8. The van der Waals surface area contributed by atoms with E-state index >= 15 is 0 Å². The van der Waals surface area contributed by atoms with Crippen LogP contribution in [0.25, 0.3) is 5.69 Å². The summed E-state index contributed by atoms with van der Waals surface area (Å²) in [6.07, 6.45) is 4.55. The highest BCUT2D eigenvalue weighted by atomic mass is 16.3. The first-order valence-corrected chi connectivity index (χ1v) is 8.70. The second-order valence-electron chi connectivity index (χ2n) is 6.40. The minimum absolute atomic E-state index is 0.281. The van der Waals surface area contributed by atoms with E-state index < -0.39 is 6.10 Å². The van der Waals surface area contributed by atoms with Crippen molar-refractivity contribution < 1.29 is 10.2 Å². The molecule has 142 valence electrons. The summed E-state index contributed by atoms with van der Waals surface area (Å²) in [6, 6.07) is 11.8. The second-order valence-corrected chi connectivity index (χ2v) is 6.40. The van der Waals surface area contributed by atoms with Crippen LogP contribution >= 0.6 is 0 Å². The van der Waals surface area contributed by atoms with E-state index in [0.717, 1.165) is 11.3 Å².